The lowest BCUT2D eigenvalue weighted by Gasteiger charge is -2.34. The molecule has 6 saturated heterocycles. The van der Waals surface area contributed by atoms with Crippen molar-refractivity contribution in [2.75, 3.05) is 224 Å². The monoisotopic (exact) mass is 2030 g/mol. The molecule has 5 N–H and O–H groups in total. The maximum absolute atomic E-state index is 14.3. The highest BCUT2D eigenvalue weighted by Crippen LogP contribution is 2.43. The van der Waals surface area contributed by atoms with Crippen molar-refractivity contribution >= 4 is 105 Å². The van der Waals surface area contributed by atoms with Crippen LogP contribution in [0.15, 0.2) is 110 Å². The summed E-state index contributed by atoms with van der Waals surface area (Å²) < 4.78 is 147. The van der Waals surface area contributed by atoms with Gasteiger partial charge in [-0.1, -0.05) is 17.7 Å². The predicted octanol–water partition coefficient (Wildman–Crippen LogP) is 10.7. The van der Waals surface area contributed by atoms with Crippen molar-refractivity contribution in [2.24, 2.45) is 0 Å². The van der Waals surface area contributed by atoms with Crippen LogP contribution in [-0.4, -0.2) is 345 Å². The summed E-state index contributed by atoms with van der Waals surface area (Å²) in [6.45, 7) is 17.4. The minimum absolute atomic E-state index is 0.0422. The van der Waals surface area contributed by atoms with E-state index in [-0.39, 0.29) is 113 Å². The molecule has 0 aromatic carbocycles. The lowest BCUT2D eigenvalue weighted by Crippen LogP contribution is -2.50. The van der Waals surface area contributed by atoms with Gasteiger partial charge in [-0.25, -0.2) is 57.8 Å². The van der Waals surface area contributed by atoms with E-state index in [4.69, 9.17) is 0 Å². The number of alkyl halides is 9. The Bertz CT molecular complexity index is 5930. The van der Waals surface area contributed by atoms with E-state index in [1.165, 1.54) is 18.2 Å². The second-order valence-electron chi connectivity index (χ2n) is 36.6. The summed E-state index contributed by atoms with van der Waals surface area (Å²) in [4.78, 5) is 157. The lowest BCUT2D eigenvalue weighted by atomic mass is 10.1. The Morgan fingerprint density at radius 1 is 0.386 bits per heavy atom. The zero-order valence-corrected chi connectivity index (χ0v) is 82.4. The number of piperidine rings is 3. The van der Waals surface area contributed by atoms with Gasteiger partial charge >= 0.3 is 36.8 Å². The number of hydrogen-bond donors (Lipinski definition) is 5. The Labute approximate surface area is 830 Å². The number of nitrogens with zero attached hydrogens (tertiary/aromatic N) is 23. The molecule has 0 aliphatic carbocycles. The minimum Gasteiger partial charge on any atom is -0.453 e. The summed E-state index contributed by atoms with van der Waals surface area (Å²) in [5, 5.41) is 25.3. The molecule has 0 atom stereocenters. The Kier molecular flexibility index (Phi) is 36.9. The number of piperazine rings is 3. The van der Waals surface area contributed by atoms with Crippen molar-refractivity contribution in [1.82, 2.24) is 109 Å². The molecule has 49 heteroatoms. The topological polar surface area (TPSA) is 406 Å². The van der Waals surface area contributed by atoms with Crippen LogP contribution in [0.3, 0.4) is 0 Å². The van der Waals surface area contributed by atoms with E-state index in [1.807, 2.05) is 70.0 Å². The van der Waals surface area contributed by atoms with Crippen molar-refractivity contribution in [3.05, 3.63) is 143 Å². The number of allylic oxidation sites excluding steroid dienone is 2. The van der Waals surface area contributed by atoms with Crippen LogP contribution in [0.2, 0.25) is 0 Å². The molecule has 780 valence electrons. The van der Waals surface area contributed by atoms with E-state index < -0.39 is 53.5 Å². The van der Waals surface area contributed by atoms with Gasteiger partial charge in [0.1, 0.15) is 34.0 Å². The lowest BCUT2D eigenvalue weighted by molar-refractivity contribution is -0.137. The number of ketones is 1. The molecule has 6 aliphatic heterocycles. The number of hydrogen-bond acceptors (Lipinski definition) is 29. The van der Waals surface area contributed by atoms with E-state index >= 15 is 0 Å². The summed E-state index contributed by atoms with van der Waals surface area (Å²) >= 11 is 0. The minimum atomic E-state index is -4.78. The Hall–Kier alpha value is -14.1. The van der Waals surface area contributed by atoms with Crippen LogP contribution in [0.5, 0.6) is 0 Å². The first-order valence-electron chi connectivity index (χ1n) is 47.8. The highest BCUT2D eigenvalue weighted by atomic mass is 19.4. The first-order valence-corrected chi connectivity index (χ1v) is 47.8. The first kappa shape index (κ1) is 108. The van der Waals surface area contributed by atoms with Gasteiger partial charge in [-0.05, 0) is 159 Å². The van der Waals surface area contributed by atoms with Gasteiger partial charge in [0.05, 0.1) is 67.8 Å². The van der Waals surface area contributed by atoms with Crippen molar-refractivity contribution in [3.63, 3.8) is 0 Å². The van der Waals surface area contributed by atoms with Crippen LogP contribution < -0.4 is 41.3 Å². The van der Waals surface area contributed by atoms with Crippen molar-refractivity contribution < 1.29 is 96.9 Å². The normalized spacial score (nSPS) is 16.0. The van der Waals surface area contributed by atoms with E-state index in [2.05, 4.69) is 115 Å². The number of methoxy groups -OCH3 is 3. The van der Waals surface area contributed by atoms with Gasteiger partial charge in [0, 0.05) is 213 Å². The zero-order chi connectivity index (χ0) is 104. The Morgan fingerprint density at radius 2 is 0.690 bits per heavy atom. The number of ether oxygens (including phenoxy) is 3. The molecule has 9 aromatic rings. The number of halogens is 9. The van der Waals surface area contributed by atoms with Crippen LogP contribution in [0.4, 0.5) is 88.8 Å². The molecular formula is C96H121F9N28O12. The summed E-state index contributed by atoms with van der Waals surface area (Å²) in [5.74, 6) is -0.784. The maximum Gasteiger partial charge on any atom is 0.417 e. The van der Waals surface area contributed by atoms with Crippen LogP contribution in [0.25, 0.3) is 50.7 Å². The van der Waals surface area contributed by atoms with Crippen LogP contribution >= 0.6 is 0 Å². The molecular weight excluding hydrogens is 1910 g/mol. The van der Waals surface area contributed by atoms with E-state index in [0.717, 1.165) is 138 Å². The SMILES string of the molecule is COC(=O)Nc1cc(C(F)(F)F)c(-c2nc(N3CCCCC3)c3cc(CN4CCN(C(=O)CCC(=O)/C=C/CN(C)C)CC4)cn3n2)cn1.COC(=O)Nc1cc(C(F)(F)F)c(-c2nc(N3CCCCC3)c3cc(CN4CCN(C(=O)CNC(=O)/C=C/CN(C)C)CC4)cn3n2)cn1.COC(=O)Nc1cc(C(F)(F)F)c(-c2nc(N3CCCCC3)c3cc(CN4CCN(C(=O)CNC(=O)C=C(C)C)CC4)cn3n2)cn1. The number of fused-ring (bicyclic) bond motifs is 3. The van der Waals surface area contributed by atoms with Crippen molar-refractivity contribution in [2.45, 2.75) is 123 Å². The van der Waals surface area contributed by atoms with Gasteiger partial charge < -0.3 is 64.0 Å². The molecule has 40 nitrogen and oxygen atoms in total. The Balaban J connectivity index is 0.000000182. The molecule has 0 radical (unpaired) electrons. The number of likely N-dealkylation sites (N-methyl/N-ethyl adjacent to an activating group) is 2. The molecule has 0 spiro atoms. The number of pyridine rings is 3. The quantitative estimate of drug-likeness (QED) is 0.0165. The molecule has 145 heavy (non-hydrogen) atoms. The molecule has 8 amide bonds. The molecule has 0 saturated carbocycles. The predicted molar refractivity (Wildman–Crippen MR) is 521 cm³/mol. The van der Waals surface area contributed by atoms with Crippen molar-refractivity contribution in [3.8, 4) is 34.2 Å². The average molecular weight is 2030 g/mol. The number of rotatable bonds is 29. The molecule has 15 rings (SSSR count). The number of anilines is 6. The second-order valence-corrected chi connectivity index (χ2v) is 36.6. The zero-order valence-electron chi connectivity index (χ0n) is 82.4. The first-order chi connectivity index (χ1) is 69.2. The number of aromatic nitrogens is 12. The molecule has 6 aliphatic rings. The highest BCUT2D eigenvalue weighted by Gasteiger charge is 2.41. The summed E-state index contributed by atoms with van der Waals surface area (Å²) in [5.41, 5.74) is 1.51. The molecule has 9 aromatic heterocycles. The van der Waals surface area contributed by atoms with Crippen LogP contribution in [0.1, 0.15) is 118 Å². The standard InChI is InChI=1S/C33H42F3N9O4.C32H41F3N10O4.C31H38F3N9O4/c1-41(2)11-7-8-24(46)9-10-29(47)43-16-14-42(15-17-43)21-23-18-27-31(44-12-5-4-6-13-44)39-30(40-45(27)22-23)25-20-37-28(38-32(48)49-3)19-26(25)33(34,35)36;1-41(2)9-7-8-27(46)37-19-28(47)43-14-12-42(13-15-43)20-22-16-25-30(44-10-5-4-6-11-44)39-29(40-45(25)21-22)23-18-36-26(38-31(48)49-3)17-24(23)32(33,34)35;1-20(2)13-26(44)36-17-27(45)41-11-9-40(10-12-41)18-21-14-24-29(42-7-5-4-6-8-42)38-28(39-43(24)19-21)22-16-35-25(37-30(46)47-3)15-23(22)31(32,33)34/h7-8,18-20,22H,4-6,9-17,21H2,1-3H3,(H,37,38,48);7-8,16-18,21H,4-6,9-15,19-20H2,1-3H3,(H,37,46)(H,36,38,48);13-16,19H,4-12,17-18H2,1-3H3,(H,36,44)(H,35,37,46)/b2*8-7+;. The summed E-state index contributed by atoms with van der Waals surface area (Å²) in [6, 6.07) is 8.10. The summed E-state index contributed by atoms with van der Waals surface area (Å²) in [6.07, 6.45) is 8.29. The number of amides is 8. The smallest absolute Gasteiger partial charge is 0.417 e. The third-order valence-corrected chi connectivity index (χ3v) is 24.8. The van der Waals surface area contributed by atoms with E-state index in [0.29, 0.717) is 185 Å². The third-order valence-electron chi connectivity index (χ3n) is 24.8. The summed E-state index contributed by atoms with van der Waals surface area (Å²) in [7, 11) is 10.9. The fourth-order valence-electron chi connectivity index (χ4n) is 17.4. The van der Waals surface area contributed by atoms with Gasteiger partial charge in [-0.3, -0.25) is 59.4 Å². The van der Waals surface area contributed by atoms with Crippen molar-refractivity contribution in [1.29, 1.82) is 0 Å². The van der Waals surface area contributed by atoms with Gasteiger partial charge in [0.15, 0.2) is 40.7 Å². The van der Waals surface area contributed by atoms with Gasteiger partial charge in [0.2, 0.25) is 29.5 Å². The van der Waals surface area contributed by atoms with Gasteiger partial charge in [0.25, 0.3) is 0 Å². The molecule has 6 fully saturated rings. The van der Waals surface area contributed by atoms with E-state index in [1.54, 1.807) is 59.0 Å². The molecule has 15 heterocycles. The number of carbonyl (C=O) groups excluding carboxylic acids is 9. The fraction of sp³-hybridized carbons (Fsp3) is 0.500. The van der Waals surface area contributed by atoms with Gasteiger partial charge in [-0.2, -0.15) is 39.5 Å². The van der Waals surface area contributed by atoms with Crippen LogP contribution in [-0.2, 0) is 81.1 Å². The van der Waals surface area contributed by atoms with Gasteiger partial charge in [-0.15, -0.1) is 15.3 Å². The molecule has 0 unspecified atom stereocenters. The third kappa shape index (κ3) is 30.1. The molecule has 0 bridgehead atoms. The number of nitrogens with one attached hydrogen (secondary N) is 5. The maximum atomic E-state index is 14.3. The second kappa shape index (κ2) is 49.5. The van der Waals surface area contributed by atoms with E-state index in [9.17, 15) is 82.7 Å². The Morgan fingerprint density at radius 3 is 0.986 bits per heavy atom. The fourth-order valence-corrected chi connectivity index (χ4v) is 17.4. The highest BCUT2D eigenvalue weighted by molar-refractivity contribution is 5.94. The largest absolute Gasteiger partial charge is 0.453 e. The average Bonchev–Trinajstić information content (AvgIpc) is 1.72. The number of carbonyl (C=O) groups is 9. The van der Waals surface area contributed by atoms with Crippen LogP contribution in [0, 0.1) is 0 Å².